The lowest BCUT2D eigenvalue weighted by atomic mass is 9.94. The highest BCUT2D eigenvalue weighted by Gasteiger charge is 2.42. The maximum atomic E-state index is 13.3. The van der Waals surface area contributed by atoms with E-state index in [-0.39, 0.29) is 47.2 Å². The smallest absolute Gasteiger partial charge is 0.332 e. The number of amidine groups is 3. The highest BCUT2D eigenvalue weighted by Crippen LogP contribution is 2.28. The number of aliphatic imine (C=N–C) groups is 2. The first kappa shape index (κ1) is 24.7. The Morgan fingerprint density at radius 3 is 2.26 bits per heavy atom. The number of benzene rings is 1. The summed E-state index contributed by atoms with van der Waals surface area (Å²) < 4.78 is 60.0. The van der Waals surface area contributed by atoms with E-state index in [1.807, 2.05) is 20.8 Å². The molecule has 1 aromatic rings. The van der Waals surface area contributed by atoms with Crippen LogP contribution in [0.15, 0.2) is 39.1 Å². The first-order valence-electron chi connectivity index (χ1n) is 9.37. The first-order valence-corrected chi connectivity index (χ1v) is 10.7. The van der Waals surface area contributed by atoms with Gasteiger partial charge in [-0.25, -0.2) is 18.8 Å². The lowest BCUT2D eigenvalue weighted by Gasteiger charge is -2.27. The molecule has 12 heteroatoms. The van der Waals surface area contributed by atoms with Crippen molar-refractivity contribution in [1.82, 2.24) is 4.90 Å². The molecule has 0 amide bonds. The average molecular weight is 459 g/mol. The minimum Gasteiger partial charge on any atom is -0.348 e. The molecule has 2 aliphatic heterocycles. The third-order valence-electron chi connectivity index (χ3n) is 4.49. The Morgan fingerprint density at radius 2 is 1.81 bits per heavy atom. The fourth-order valence-electron chi connectivity index (χ4n) is 2.84. The summed E-state index contributed by atoms with van der Waals surface area (Å²) in [5.41, 5.74) is 4.93. The lowest BCUT2D eigenvalue weighted by molar-refractivity contribution is 0.0177. The van der Waals surface area contributed by atoms with E-state index in [2.05, 4.69) is 9.98 Å². The Balaban J connectivity index is 0.000000245. The first-order chi connectivity index (χ1) is 14.2. The van der Waals surface area contributed by atoms with Crippen LogP contribution in [-0.4, -0.2) is 55.5 Å². The van der Waals surface area contributed by atoms with Gasteiger partial charge in [0.2, 0.25) is 0 Å². The number of alkyl halides is 2. The average Bonchev–Trinajstić information content (AvgIpc) is 3.02. The molecule has 1 fully saturated rings. The van der Waals surface area contributed by atoms with Crippen molar-refractivity contribution >= 4 is 33.4 Å². The summed E-state index contributed by atoms with van der Waals surface area (Å²) in [7, 11) is -4.63. The number of nitrogens with zero attached hydrogens (tertiary/aromatic N) is 3. The molecule has 8 nitrogen and oxygen atoms in total. The van der Waals surface area contributed by atoms with Crippen LogP contribution in [-0.2, 0) is 16.8 Å². The number of hydrogen-bond acceptors (Lipinski definition) is 7. The standard InChI is InChI=1S/C12H17F2N5.C7H8FNO2S/c1-11(2,3)10-17-8(16)7(15)9(18-10)19-5-4-12(13,14)6-19;8-12(10,11)7-4-2-1-3-6(7)5-9/h15-16H,4-6H2,1-3H3;1-4H,5,9H2. The van der Waals surface area contributed by atoms with E-state index >= 15 is 0 Å². The third-order valence-corrected chi connectivity index (χ3v) is 5.41. The number of rotatable bonds is 2. The normalized spacial score (nSPS) is 18.9. The van der Waals surface area contributed by atoms with Crippen LogP contribution in [0, 0.1) is 16.2 Å². The Morgan fingerprint density at radius 1 is 1.19 bits per heavy atom. The molecule has 1 saturated heterocycles. The van der Waals surface area contributed by atoms with E-state index in [4.69, 9.17) is 16.6 Å². The van der Waals surface area contributed by atoms with Crippen molar-refractivity contribution < 1.29 is 21.1 Å². The summed E-state index contributed by atoms with van der Waals surface area (Å²) in [5.74, 6) is -2.42. The Kier molecular flexibility index (Phi) is 7.06. The van der Waals surface area contributed by atoms with Crippen molar-refractivity contribution in [1.29, 1.82) is 10.8 Å². The fraction of sp³-hybridized carbons (Fsp3) is 0.474. The maximum absolute atomic E-state index is 13.3. The number of halogens is 3. The Labute approximate surface area is 179 Å². The molecule has 0 aliphatic carbocycles. The molecule has 0 saturated carbocycles. The van der Waals surface area contributed by atoms with E-state index in [0.29, 0.717) is 11.4 Å². The summed E-state index contributed by atoms with van der Waals surface area (Å²) in [6.45, 7) is 5.37. The molecule has 0 radical (unpaired) electrons. The van der Waals surface area contributed by atoms with Gasteiger partial charge in [-0.2, -0.15) is 8.42 Å². The number of hydrogen-bond donors (Lipinski definition) is 3. The molecule has 4 N–H and O–H groups in total. The van der Waals surface area contributed by atoms with Crippen molar-refractivity contribution in [3.63, 3.8) is 0 Å². The molecule has 1 aromatic carbocycles. The van der Waals surface area contributed by atoms with Crippen LogP contribution < -0.4 is 5.73 Å². The second kappa shape index (κ2) is 8.87. The summed E-state index contributed by atoms with van der Waals surface area (Å²) in [4.78, 5) is 9.22. The largest absolute Gasteiger partial charge is 0.348 e. The van der Waals surface area contributed by atoms with Gasteiger partial charge >= 0.3 is 10.2 Å². The van der Waals surface area contributed by atoms with Crippen LogP contribution in [0.25, 0.3) is 0 Å². The van der Waals surface area contributed by atoms with Gasteiger partial charge in [0.1, 0.15) is 16.4 Å². The van der Waals surface area contributed by atoms with Gasteiger partial charge in [0.05, 0.1) is 6.54 Å². The number of nitrogens with one attached hydrogen (secondary N) is 2. The van der Waals surface area contributed by atoms with Gasteiger partial charge in [0, 0.05) is 24.9 Å². The molecule has 0 aromatic heterocycles. The van der Waals surface area contributed by atoms with Gasteiger partial charge in [0.15, 0.2) is 11.7 Å². The fourth-order valence-corrected chi connectivity index (χ4v) is 3.55. The zero-order valence-electron chi connectivity index (χ0n) is 17.4. The van der Waals surface area contributed by atoms with Crippen molar-refractivity contribution in [2.75, 3.05) is 13.1 Å². The number of nitrogens with two attached hydrogens (primary N) is 1. The molecule has 31 heavy (non-hydrogen) atoms. The van der Waals surface area contributed by atoms with E-state index < -0.39 is 22.7 Å². The quantitative estimate of drug-likeness (QED) is 0.587. The lowest BCUT2D eigenvalue weighted by Crippen LogP contribution is -2.43. The van der Waals surface area contributed by atoms with Gasteiger partial charge in [-0.1, -0.05) is 39.0 Å². The van der Waals surface area contributed by atoms with Crippen LogP contribution in [0.4, 0.5) is 12.7 Å². The van der Waals surface area contributed by atoms with Crippen molar-refractivity contribution in [2.45, 2.75) is 44.6 Å². The molecule has 2 aliphatic rings. The summed E-state index contributed by atoms with van der Waals surface area (Å²) >= 11 is 0. The topological polar surface area (TPSA) is 136 Å². The van der Waals surface area contributed by atoms with Crippen LogP contribution >= 0.6 is 0 Å². The van der Waals surface area contributed by atoms with Gasteiger partial charge < -0.3 is 10.6 Å². The van der Waals surface area contributed by atoms with Crippen LogP contribution in [0.5, 0.6) is 0 Å². The van der Waals surface area contributed by atoms with Crippen molar-refractivity contribution in [3.8, 4) is 0 Å². The summed E-state index contributed by atoms with van der Waals surface area (Å²) in [5, 5.41) is 15.5. The predicted molar refractivity (Wildman–Crippen MR) is 114 cm³/mol. The molecule has 0 bridgehead atoms. The second-order valence-electron chi connectivity index (χ2n) is 8.12. The summed E-state index contributed by atoms with van der Waals surface area (Å²) in [6, 6.07) is 5.73. The molecule has 0 spiro atoms. The van der Waals surface area contributed by atoms with E-state index in [0.717, 1.165) is 0 Å². The summed E-state index contributed by atoms with van der Waals surface area (Å²) in [6.07, 6.45) is -0.241. The van der Waals surface area contributed by atoms with E-state index in [1.165, 1.54) is 23.1 Å². The highest BCUT2D eigenvalue weighted by atomic mass is 32.3. The molecular formula is C19H25F3N6O2S. The monoisotopic (exact) mass is 458 g/mol. The minimum absolute atomic E-state index is 0.0132. The van der Waals surface area contributed by atoms with Crippen LogP contribution in [0.3, 0.4) is 0 Å². The zero-order valence-corrected chi connectivity index (χ0v) is 18.2. The van der Waals surface area contributed by atoms with Gasteiger partial charge in [-0.3, -0.25) is 10.8 Å². The van der Waals surface area contributed by atoms with E-state index in [1.54, 1.807) is 6.07 Å². The van der Waals surface area contributed by atoms with Gasteiger partial charge in [0.25, 0.3) is 5.92 Å². The maximum Gasteiger partial charge on any atom is 0.332 e. The zero-order chi connectivity index (χ0) is 23.6. The highest BCUT2D eigenvalue weighted by molar-refractivity contribution is 7.86. The Hall–Kier alpha value is -2.60. The number of likely N-dealkylation sites (tertiary alicyclic amines) is 1. The Bertz CT molecular complexity index is 1040. The van der Waals surface area contributed by atoms with Crippen molar-refractivity contribution in [3.05, 3.63) is 29.8 Å². The molecule has 2 heterocycles. The van der Waals surface area contributed by atoms with Crippen LogP contribution in [0.1, 0.15) is 32.8 Å². The van der Waals surface area contributed by atoms with E-state index in [9.17, 15) is 21.1 Å². The molecular weight excluding hydrogens is 433 g/mol. The predicted octanol–water partition coefficient (Wildman–Crippen LogP) is 2.98. The van der Waals surface area contributed by atoms with Gasteiger partial charge in [-0.05, 0) is 11.6 Å². The molecule has 3 rings (SSSR count). The third kappa shape index (κ3) is 6.20. The molecule has 0 unspecified atom stereocenters. The minimum atomic E-state index is -4.63. The molecule has 170 valence electrons. The second-order valence-corrected chi connectivity index (χ2v) is 9.44. The SMILES string of the molecule is CC(C)(C)C1=NC(=N)C(=N)C(N2CCC(F)(F)C2)=N1.NCc1ccccc1S(=O)(=O)F. The molecule has 0 atom stereocenters. The van der Waals surface area contributed by atoms with Crippen molar-refractivity contribution in [2.24, 2.45) is 21.1 Å². The van der Waals surface area contributed by atoms with Crippen LogP contribution in [0.2, 0.25) is 0 Å². The van der Waals surface area contributed by atoms with Gasteiger partial charge in [-0.15, -0.1) is 3.89 Å².